The second kappa shape index (κ2) is 8.17. The molecule has 0 fully saturated rings. The highest BCUT2D eigenvalue weighted by Gasteiger charge is 2.18. The summed E-state index contributed by atoms with van der Waals surface area (Å²) in [6.45, 7) is 2.92. The van der Waals surface area contributed by atoms with E-state index in [0.717, 1.165) is 19.4 Å². The van der Waals surface area contributed by atoms with E-state index in [-0.39, 0.29) is 6.10 Å². The molecular weight excluding hydrogens is 269 g/mol. The zero-order chi connectivity index (χ0) is 12.7. The molecule has 1 N–H and O–H groups in total. The second-order valence-corrected chi connectivity index (χ2v) is 7.17. The van der Waals surface area contributed by atoms with E-state index in [4.69, 9.17) is 28.6 Å². The Balaban J connectivity index is 2.94. The van der Waals surface area contributed by atoms with E-state index >= 15 is 0 Å². The van der Waals surface area contributed by atoms with Crippen molar-refractivity contribution in [3.05, 3.63) is 35.4 Å². The Hall–Kier alpha value is 0.01000. The maximum atomic E-state index is 5.70. The topological polar surface area (TPSA) is 21.3 Å². The van der Waals surface area contributed by atoms with Crippen molar-refractivity contribution in [3.8, 4) is 0 Å². The maximum absolute atomic E-state index is 5.70. The molecule has 5 heteroatoms. The maximum Gasteiger partial charge on any atom is 0.202 e. The van der Waals surface area contributed by atoms with Crippen molar-refractivity contribution in [2.24, 2.45) is 0 Å². The first-order valence-electron chi connectivity index (χ1n) is 5.72. The zero-order valence-corrected chi connectivity index (χ0v) is 12.7. The van der Waals surface area contributed by atoms with Crippen LogP contribution in [-0.4, -0.2) is 13.6 Å². The van der Waals surface area contributed by atoms with Crippen molar-refractivity contribution >= 4 is 30.2 Å². The molecule has 1 rings (SSSR count). The highest BCUT2D eigenvalue weighted by atomic mass is 32.9. The lowest BCUT2D eigenvalue weighted by atomic mass is 9.99. The van der Waals surface area contributed by atoms with Crippen LogP contribution in [0.3, 0.4) is 0 Å². The molecule has 0 heterocycles. The highest BCUT2D eigenvalue weighted by Crippen LogP contribution is 2.32. The normalized spacial score (nSPS) is 13.5. The summed E-state index contributed by atoms with van der Waals surface area (Å²) in [6.07, 6.45) is 0.993. The number of nitrogens with one attached hydrogen (secondary N) is 1. The van der Waals surface area contributed by atoms with E-state index in [1.807, 2.05) is 13.1 Å². The molecule has 0 aromatic heterocycles. The molecule has 2 unspecified atom stereocenters. The van der Waals surface area contributed by atoms with Gasteiger partial charge in [-0.1, -0.05) is 37.6 Å². The minimum atomic E-state index is -1.17. The van der Waals surface area contributed by atoms with Crippen molar-refractivity contribution < 1.29 is 4.52 Å². The molecule has 17 heavy (non-hydrogen) atoms. The molecular formula is C12H18NOPS2. The molecule has 94 valence electrons. The van der Waals surface area contributed by atoms with E-state index in [0.29, 0.717) is 0 Å². The van der Waals surface area contributed by atoms with Crippen molar-refractivity contribution in [1.82, 2.24) is 5.32 Å². The number of likely N-dealkylation sites (N-methyl/N-ethyl adjacent to an activating group) is 1. The summed E-state index contributed by atoms with van der Waals surface area (Å²) in [5, 5.41) is 3.13. The van der Waals surface area contributed by atoms with Gasteiger partial charge in [0.2, 0.25) is 6.13 Å². The third-order valence-electron chi connectivity index (χ3n) is 2.52. The van der Waals surface area contributed by atoms with Crippen LogP contribution >= 0.6 is 6.13 Å². The first-order valence-corrected chi connectivity index (χ1v) is 9.01. The lowest BCUT2D eigenvalue weighted by molar-refractivity contribution is 0.239. The minimum absolute atomic E-state index is 0.0242. The third-order valence-corrected chi connectivity index (χ3v) is 3.47. The van der Waals surface area contributed by atoms with Gasteiger partial charge in [-0.15, -0.1) is 0 Å². The van der Waals surface area contributed by atoms with E-state index in [1.165, 1.54) is 11.1 Å². The van der Waals surface area contributed by atoms with Gasteiger partial charge < -0.3 is 17.6 Å². The summed E-state index contributed by atoms with van der Waals surface area (Å²) < 4.78 is 5.70. The predicted octanol–water partition coefficient (Wildman–Crippen LogP) is 3.24. The summed E-state index contributed by atoms with van der Waals surface area (Å²) >= 11 is 10.0. The molecule has 0 aliphatic carbocycles. The average molecular weight is 287 g/mol. The summed E-state index contributed by atoms with van der Waals surface area (Å²) in [6, 6.07) is 8.36. The van der Waals surface area contributed by atoms with Gasteiger partial charge in [0, 0.05) is 6.54 Å². The van der Waals surface area contributed by atoms with Gasteiger partial charge in [-0.25, -0.2) is 0 Å². The van der Waals surface area contributed by atoms with E-state index in [9.17, 15) is 0 Å². The average Bonchev–Trinajstić information content (AvgIpc) is 2.29. The van der Waals surface area contributed by atoms with Crippen LogP contribution in [0.1, 0.15) is 30.6 Å². The van der Waals surface area contributed by atoms with E-state index in [2.05, 4.69) is 30.4 Å². The van der Waals surface area contributed by atoms with Crippen LogP contribution in [0.15, 0.2) is 24.3 Å². The molecule has 1 aromatic carbocycles. The molecule has 1 aromatic rings. The molecule has 0 saturated carbocycles. The molecule has 2 nitrogen and oxygen atoms in total. The van der Waals surface area contributed by atoms with Crippen molar-refractivity contribution in [2.45, 2.75) is 25.9 Å². The molecule has 0 aliphatic heterocycles. The number of hydrogen-bond acceptors (Lipinski definition) is 4. The van der Waals surface area contributed by atoms with E-state index < -0.39 is 6.13 Å². The quantitative estimate of drug-likeness (QED) is 0.613. The summed E-state index contributed by atoms with van der Waals surface area (Å²) in [5.41, 5.74) is 2.54. The van der Waals surface area contributed by atoms with Crippen LogP contribution in [0.2, 0.25) is 0 Å². The standard InChI is InChI=1S/C12H18NOPS2/c1-3-6-10-7-4-5-8-11(10)12(9-13-2)14-15(16)17/h4-5,7-8,12-13H,3,6,9H2,1-2H3. The van der Waals surface area contributed by atoms with Gasteiger partial charge in [0.25, 0.3) is 0 Å². The molecule has 0 amide bonds. The lowest BCUT2D eigenvalue weighted by Gasteiger charge is -2.17. The molecule has 2 atom stereocenters. The smallest absolute Gasteiger partial charge is 0.202 e. The van der Waals surface area contributed by atoms with Crippen molar-refractivity contribution in [2.75, 3.05) is 13.6 Å². The molecule has 0 spiro atoms. The van der Waals surface area contributed by atoms with Crippen LogP contribution in [0.5, 0.6) is 0 Å². The Kier molecular flexibility index (Phi) is 7.24. The number of rotatable bonds is 7. The highest BCUT2D eigenvalue weighted by molar-refractivity contribution is 8.45. The van der Waals surface area contributed by atoms with Crippen LogP contribution in [0.4, 0.5) is 0 Å². The molecule has 0 aliphatic rings. The van der Waals surface area contributed by atoms with Gasteiger partial charge in [0.1, 0.15) is 6.10 Å². The van der Waals surface area contributed by atoms with Gasteiger partial charge in [0.05, 0.1) is 0 Å². The minimum Gasteiger partial charge on any atom is -0.441 e. The van der Waals surface area contributed by atoms with Crippen molar-refractivity contribution in [1.29, 1.82) is 0 Å². The Morgan fingerprint density at radius 2 is 2.18 bits per heavy atom. The Morgan fingerprint density at radius 1 is 1.47 bits per heavy atom. The number of hydrogen-bond donors (Lipinski definition) is 1. The van der Waals surface area contributed by atoms with Crippen LogP contribution in [-0.2, 0) is 35.0 Å². The zero-order valence-electron chi connectivity index (χ0n) is 10.2. The molecule has 0 radical (unpaired) electrons. The van der Waals surface area contributed by atoms with Crippen LogP contribution in [0, 0.1) is 0 Å². The fourth-order valence-corrected chi connectivity index (χ4v) is 2.86. The number of aryl methyl sites for hydroxylation is 1. The van der Waals surface area contributed by atoms with Gasteiger partial charge in [-0.05, 0) is 24.6 Å². The lowest BCUT2D eigenvalue weighted by Crippen LogP contribution is -2.19. The monoisotopic (exact) mass is 287 g/mol. The fraction of sp³-hybridized carbons (Fsp3) is 0.500. The number of benzene rings is 1. The SMILES string of the molecule is CCCc1ccccc1C(CNC)O[P+](=S)[S-]. The summed E-state index contributed by atoms with van der Waals surface area (Å²) in [7, 11) is 1.91. The summed E-state index contributed by atoms with van der Waals surface area (Å²) in [4.78, 5) is 0. The third kappa shape index (κ3) is 5.02. The Labute approximate surface area is 115 Å². The Bertz CT molecular complexity index is 373. The van der Waals surface area contributed by atoms with Gasteiger partial charge >= 0.3 is 0 Å². The van der Waals surface area contributed by atoms with Gasteiger partial charge in [-0.2, -0.15) is 4.52 Å². The van der Waals surface area contributed by atoms with Gasteiger partial charge in [-0.3, -0.25) is 0 Å². The van der Waals surface area contributed by atoms with Gasteiger partial charge in [0.15, 0.2) is 11.8 Å². The molecule has 0 bridgehead atoms. The first kappa shape index (κ1) is 15.1. The largest absolute Gasteiger partial charge is 0.441 e. The van der Waals surface area contributed by atoms with Crippen LogP contribution < -0.4 is 5.32 Å². The first-order chi connectivity index (χ1) is 8.19. The van der Waals surface area contributed by atoms with Crippen LogP contribution in [0.25, 0.3) is 0 Å². The summed E-state index contributed by atoms with van der Waals surface area (Å²) in [5.74, 6) is 0. The predicted molar refractivity (Wildman–Crippen MR) is 79.8 cm³/mol. The second-order valence-electron chi connectivity index (χ2n) is 3.82. The Morgan fingerprint density at radius 3 is 2.76 bits per heavy atom. The fourth-order valence-electron chi connectivity index (χ4n) is 1.84. The van der Waals surface area contributed by atoms with Crippen molar-refractivity contribution in [3.63, 3.8) is 0 Å². The molecule has 0 saturated heterocycles. The van der Waals surface area contributed by atoms with E-state index in [1.54, 1.807) is 0 Å².